The van der Waals surface area contributed by atoms with Crippen molar-refractivity contribution in [2.75, 3.05) is 26.4 Å². The predicted octanol–water partition coefficient (Wildman–Crippen LogP) is 4.12. The van der Waals surface area contributed by atoms with E-state index in [1.165, 1.54) is 0 Å². The van der Waals surface area contributed by atoms with E-state index in [2.05, 4.69) is 27.0 Å². The highest BCUT2D eigenvalue weighted by Crippen LogP contribution is 2.30. The Morgan fingerprint density at radius 2 is 1.09 bits per heavy atom. The SMILES string of the molecule is C=C(C)C(=O)OCC(O)COC(C)CCCC(C)(C)CCCC(C)OCC(O)COC(=O)C(=C)C. The number of carbonyl (C=O) groups is 2. The summed E-state index contributed by atoms with van der Waals surface area (Å²) >= 11 is 0. The second-order valence-electron chi connectivity index (χ2n) is 10.3. The van der Waals surface area contributed by atoms with Crippen LogP contribution in [0.1, 0.15) is 80.1 Å². The first-order chi connectivity index (χ1) is 16.2. The van der Waals surface area contributed by atoms with E-state index in [0.29, 0.717) is 11.1 Å². The summed E-state index contributed by atoms with van der Waals surface area (Å²) in [5.74, 6) is -1.03. The van der Waals surface area contributed by atoms with Gasteiger partial charge in [0.1, 0.15) is 25.4 Å². The van der Waals surface area contributed by atoms with E-state index in [9.17, 15) is 19.8 Å². The molecule has 0 aliphatic rings. The van der Waals surface area contributed by atoms with Crippen LogP contribution in [0.5, 0.6) is 0 Å². The van der Waals surface area contributed by atoms with Gasteiger partial charge >= 0.3 is 11.9 Å². The van der Waals surface area contributed by atoms with Crippen LogP contribution in [0.4, 0.5) is 0 Å². The van der Waals surface area contributed by atoms with Gasteiger partial charge in [-0.25, -0.2) is 9.59 Å². The average molecular weight is 501 g/mol. The maximum Gasteiger partial charge on any atom is 0.333 e. The molecule has 0 fully saturated rings. The van der Waals surface area contributed by atoms with Crippen molar-refractivity contribution in [2.45, 2.75) is 104 Å². The lowest BCUT2D eigenvalue weighted by atomic mass is 9.82. The highest BCUT2D eigenvalue weighted by atomic mass is 16.6. The quantitative estimate of drug-likeness (QED) is 0.190. The van der Waals surface area contributed by atoms with Crippen LogP contribution in [0.3, 0.4) is 0 Å². The Morgan fingerprint density at radius 3 is 1.40 bits per heavy atom. The summed E-state index contributed by atoms with van der Waals surface area (Å²) in [5.41, 5.74) is 0.786. The van der Waals surface area contributed by atoms with Crippen molar-refractivity contribution in [3.8, 4) is 0 Å². The number of hydrogen-bond acceptors (Lipinski definition) is 8. The summed E-state index contributed by atoms with van der Waals surface area (Å²) in [4.78, 5) is 22.7. The second-order valence-corrected chi connectivity index (χ2v) is 10.3. The maximum absolute atomic E-state index is 11.3. The van der Waals surface area contributed by atoms with Crippen molar-refractivity contribution >= 4 is 11.9 Å². The highest BCUT2D eigenvalue weighted by molar-refractivity contribution is 5.87. The van der Waals surface area contributed by atoms with Crippen LogP contribution in [0, 0.1) is 5.41 Å². The number of hydrogen-bond donors (Lipinski definition) is 2. The molecule has 0 aliphatic carbocycles. The summed E-state index contributed by atoms with van der Waals surface area (Å²) in [6.45, 7) is 18.6. The summed E-state index contributed by atoms with van der Waals surface area (Å²) in [7, 11) is 0. The molecule has 4 atom stereocenters. The molecular formula is C27H48O8. The van der Waals surface area contributed by atoms with E-state index in [-0.39, 0.29) is 44.1 Å². The van der Waals surface area contributed by atoms with Gasteiger partial charge in [0.2, 0.25) is 0 Å². The molecule has 0 saturated carbocycles. The standard InChI is InChI=1S/C27H48O8/c1-19(2)25(30)34-17-23(28)15-32-21(5)11-9-13-27(7,8)14-10-12-22(6)33-16-24(29)18-35-26(31)20(3)4/h21-24,28-29H,1,3,9-18H2,2,4-8H3. The van der Waals surface area contributed by atoms with Gasteiger partial charge in [-0.15, -0.1) is 0 Å². The van der Waals surface area contributed by atoms with E-state index in [4.69, 9.17) is 18.9 Å². The second kappa shape index (κ2) is 17.7. The number of carbonyl (C=O) groups excluding carboxylic acids is 2. The number of rotatable bonds is 20. The molecule has 8 nitrogen and oxygen atoms in total. The fourth-order valence-corrected chi connectivity index (χ4v) is 3.26. The average Bonchev–Trinajstić information content (AvgIpc) is 2.77. The van der Waals surface area contributed by atoms with Crippen molar-refractivity contribution in [3.63, 3.8) is 0 Å². The molecule has 0 bridgehead atoms. The van der Waals surface area contributed by atoms with Crippen LogP contribution in [0.2, 0.25) is 0 Å². The van der Waals surface area contributed by atoms with Crippen LogP contribution in [-0.2, 0) is 28.5 Å². The molecule has 0 spiro atoms. The zero-order chi connectivity index (χ0) is 27.0. The van der Waals surface area contributed by atoms with Gasteiger partial charge in [0.25, 0.3) is 0 Å². The Bertz CT molecular complexity index is 604. The van der Waals surface area contributed by atoms with Crippen LogP contribution in [0.25, 0.3) is 0 Å². The van der Waals surface area contributed by atoms with Gasteiger partial charge in [-0.05, 0) is 58.8 Å². The Morgan fingerprint density at radius 1 is 0.743 bits per heavy atom. The first kappa shape index (κ1) is 33.3. The fraction of sp³-hybridized carbons (Fsp3) is 0.778. The van der Waals surface area contributed by atoms with E-state index in [1.54, 1.807) is 13.8 Å². The van der Waals surface area contributed by atoms with Gasteiger partial charge in [-0.2, -0.15) is 0 Å². The zero-order valence-corrected chi connectivity index (χ0v) is 22.6. The molecule has 35 heavy (non-hydrogen) atoms. The fourth-order valence-electron chi connectivity index (χ4n) is 3.26. The minimum absolute atomic E-state index is 0.00631. The lowest BCUT2D eigenvalue weighted by molar-refractivity contribution is -0.144. The first-order valence-corrected chi connectivity index (χ1v) is 12.5. The molecule has 8 heteroatoms. The molecule has 2 N–H and O–H groups in total. The van der Waals surface area contributed by atoms with Crippen LogP contribution in [-0.4, -0.2) is 73.0 Å². The van der Waals surface area contributed by atoms with Crippen molar-refractivity contribution < 1.29 is 38.7 Å². The van der Waals surface area contributed by atoms with Gasteiger partial charge in [0.05, 0.1) is 25.4 Å². The van der Waals surface area contributed by atoms with Crippen LogP contribution < -0.4 is 0 Å². The molecule has 0 aromatic rings. The van der Waals surface area contributed by atoms with E-state index in [0.717, 1.165) is 38.5 Å². The monoisotopic (exact) mass is 500 g/mol. The molecular weight excluding hydrogens is 452 g/mol. The molecule has 204 valence electrons. The molecule has 4 unspecified atom stereocenters. The van der Waals surface area contributed by atoms with Crippen molar-refractivity contribution in [1.29, 1.82) is 0 Å². The molecule has 0 amide bonds. The van der Waals surface area contributed by atoms with E-state index < -0.39 is 24.1 Å². The topological polar surface area (TPSA) is 112 Å². The molecule has 0 rings (SSSR count). The van der Waals surface area contributed by atoms with Gasteiger partial charge in [-0.1, -0.05) is 39.8 Å². The Hall–Kier alpha value is -1.74. The van der Waals surface area contributed by atoms with Crippen molar-refractivity contribution in [2.24, 2.45) is 5.41 Å². The summed E-state index contributed by atoms with van der Waals surface area (Å²) in [6, 6.07) is 0. The van der Waals surface area contributed by atoms with Gasteiger partial charge in [0, 0.05) is 11.1 Å². The van der Waals surface area contributed by atoms with Gasteiger partial charge in [0.15, 0.2) is 0 Å². The summed E-state index contributed by atoms with van der Waals surface area (Å²) < 4.78 is 21.2. The molecule has 0 aromatic carbocycles. The molecule has 0 heterocycles. The van der Waals surface area contributed by atoms with E-state index in [1.807, 2.05) is 13.8 Å². The zero-order valence-electron chi connectivity index (χ0n) is 22.6. The highest BCUT2D eigenvalue weighted by Gasteiger charge is 2.19. The largest absolute Gasteiger partial charge is 0.460 e. The van der Waals surface area contributed by atoms with Crippen molar-refractivity contribution in [3.05, 3.63) is 24.3 Å². The Labute approximate surface area is 211 Å². The molecule has 0 aromatic heterocycles. The first-order valence-electron chi connectivity index (χ1n) is 12.5. The maximum atomic E-state index is 11.3. The van der Waals surface area contributed by atoms with Crippen LogP contribution >= 0.6 is 0 Å². The van der Waals surface area contributed by atoms with Gasteiger partial charge < -0.3 is 29.2 Å². The summed E-state index contributed by atoms with van der Waals surface area (Å²) in [6.07, 6.45) is 4.21. The molecule has 0 radical (unpaired) electrons. The third-order valence-corrected chi connectivity index (χ3v) is 5.59. The van der Waals surface area contributed by atoms with Crippen LogP contribution in [0.15, 0.2) is 24.3 Å². The summed E-state index contributed by atoms with van der Waals surface area (Å²) in [5, 5.41) is 19.8. The predicted molar refractivity (Wildman–Crippen MR) is 136 cm³/mol. The molecule has 0 aliphatic heterocycles. The number of ether oxygens (including phenoxy) is 4. The number of esters is 2. The van der Waals surface area contributed by atoms with Gasteiger partial charge in [-0.3, -0.25) is 0 Å². The lowest BCUT2D eigenvalue weighted by Crippen LogP contribution is -2.26. The minimum atomic E-state index is -0.853. The normalized spacial score (nSPS) is 15.1. The Balaban J connectivity index is 3.96. The number of aliphatic hydroxyl groups is 2. The lowest BCUT2D eigenvalue weighted by Gasteiger charge is -2.26. The van der Waals surface area contributed by atoms with E-state index >= 15 is 0 Å². The third-order valence-electron chi connectivity index (χ3n) is 5.59. The number of aliphatic hydroxyl groups excluding tert-OH is 2. The third kappa shape index (κ3) is 18.2. The minimum Gasteiger partial charge on any atom is -0.460 e. The van der Waals surface area contributed by atoms with Crippen molar-refractivity contribution in [1.82, 2.24) is 0 Å². The molecule has 0 saturated heterocycles. The smallest absolute Gasteiger partial charge is 0.333 e. The Kier molecular flexibility index (Phi) is 16.8.